The summed E-state index contributed by atoms with van der Waals surface area (Å²) in [4.78, 5) is 8.38. The lowest BCUT2D eigenvalue weighted by atomic mass is 10.3. The molecule has 6 heteroatoms. The van der Waals surface area contributed by atoms with Crippen LogP contribution in [0, 0.1) is 5.95 Å². The Morgan fingerprint density at radius 2 is 2.25 bits per heavy atom. The van der Waals surface area contributed by atoms with Crippen LogP contribution >= 0.6 is 22.9 Å². The first-order valence-electron chi connectivity index (χ1n) is 4.64. The molecule has 2 aromatic rings. The second-order valence-corrected chi connectivity index (χ2v) is 4.98. The molecule has 1 atom stereocenters. The maximum atomic E-state index is 12.8. The normalized spacial score (nSPS) is 12.4. The predicted octanol–water partition coefficient (Wildman–Crippen LogP) is 3.50. The van der Waals surface area contributed by atoms with E-state index >= 15 is 0 Å². The number of anilines is 1. The minimum absolute atomic E-state index is 0.0341. The molecule has 84 valence electrons. The number of aromatic nitrogens is 2. The third-order valence-corrected chi connectivity index (χ3v) is 3.43. The zero-order valence-electron chi connectivity index (χ0n) is 8.45. The maximum absolute atomic E-state index is 12.8. The molecule has 3 nitrogen and oxygen atoms in total. The molecule has 16 heavy (non-hydrogen) atoms. The van der Waals surface area contributed by atoms with Crippen molar-refractivity contribution in [2.45, 2.75) is 13.0 Å². The average molecular weight is 258 g/mol. The molecule has 0 saturated carbocycles. The van der Waals surface area contributed by atoms with Gasteiger partial charge in [0.1, 0.15) is 12.1 Å². The van der Waals surface area contributed by atoms with Crippen LogP contribution in [0.25, 0.3) is 0 Å². The van der Waals surface area contributed by atoms with Gasteiger partial charge in [-0.25, -0.2) is 9.97 Å². The summed E-state index contributed by atoms with van der Waals surface area (Å²) in [7, 11) is 0. The summed E-state index contributed by atoms with van der Waals surface area (Å²) in [6.07, 6.45) is 1.19. The van der Waals surface area contributed by atoms with Gasteiger partial charge in [-0.1, -0.05) is 11.6 Å². The lowest BCUT2D eigenvalue weighted by Crippen LogP contribution is -2.06. The first-order chi connectivity index (χ1) is 7.65. The smallest absolute Gasteiger partial charge is 0.217 e. The molecule has 2 aromatic heterocycles. The first-order valence-corrected chi connectivity index (χ1v) is 5.84. The van der Waals surface area contributed by atoms with E-state index < -0.39 is 5.95 Å². The molecule has 2 rings (SSSR count). The number of rotatable bonds is 3. The van der Waals surface area contributed by atoms with Gasteiger partial charge in [0, 0.05) is 10.9 Å². The Kier molecular flexibility index (Phi) is 3.36. The van der Waals surface area contributed by atoms with E-state index in [1.807, 2.05) is 19.1 Å². The van der Waals surface area contributed by atoms with Crippen molar-refractivity contribution in [3.63, 3.8) is 0 Å². The molecule has 1 N–H and O–H groups in total. The van der Waals surface area contributed by atoms with Crippen molar-refractivity contribution in [3.05, 3.63) is 39.7 Å². The predicted molar refractivity (Wildman–Crippen MR) is 63.4 cm³/mol. The molecule has 0 spiro atoms. The molecule has 0 aromatic carbocycles. The van der Waals surface area contributed by atoms with E-state index in [2.05, 4.69) is 15.3 Å². The van der Waals surface area contributed by atoms with Crippen molar-refractivity contribution in [1.82, 2.24) is 9.97 Å². The summed E-state index contributed by atoms with van der Waals surface area (Å²) in [5.41, 5.74) is 0. The Morgan fingerprint density at radius 1 is 1.44 bits per heavy atom. The van der Waals surface area contributed by atoms with E-state index in [1.165, 1.54) is 23.7 Å². The highest BCUT2D eigenvalue weighted by Crippen LogP contribution is 2.28. The topological polar surface area (TPSA) is 37.8 Å². The average Bonchev–Trinajstić information content (AvgIpc) is 2.65. The second-order valence-electron chi connectivity index (χ2n) is 3.23. The van der Waals surface area contributed by atoms with Gasteiger partial charge in [-0.05, 0) is 19.1 Å². The quantitative estimate of drug-likeness (QED) is 0.855. The van der Waals surface area contributed by atoms with Crippen molar-refractivity contribution in [1.29, 1.82) is 0 Å². The Labute approximate surface area is 101 Å². The van der Waals surface area contributed by atoms with Crippen LogP contribution in [0.1, 0.15) is 17.8 Å². The summed E-state index contributed by atoms with van der Waals surface area (Å²) in [5.74, 6) is -0.0848. The molecular formula is C10H9ClFN3S. The van der Waals surface area contributed by atoms with Crippen LogP contribution in [0.2, 0.25) is 4.34 Å². The molecule has 0 aliphatic carbocycles. The van der Waals surface area contributed by atoms with Crippen molar-refractivity contribution in [2.75, 3.05) is 5.32 Å². The number of nitrogens with one attached hydrogen (secondary N) is 1. The Bertz CT molecular complexity index is 488. The van der Waals surface area contributed by atoms with Crippen LogP contribution in [0.3, 0.4) is 0 Å². The monoisotopic (exact) mass is 257 g/mol. The van der Waals surface area contributed by atoms with E-state index in [0.29, 0.717) is 5.82 Å². The SMILES string of the molecule is CC(Nc1cc(F)ncn1)c1ccc(Cl)s1. The Morgan fingerprint density at radius 3 is 2.88 bits per heavy atom. The molecule has 2 heterocycles. The fraction of sp³-hybridized carbons (Fsp3) is 0.200. The van der Waals surface area contributed by atoms with Gasteiger partial charge in [-0.15, -0.1) is 11.3 Å². The molecule has 0 fully saturated rings. The molecule has 0 aliphatic rings. The third kappa shape index (κ3) is 2.68. The minimum atomic E-state index is -0.547. The highest BCUT2D eigenvalue weighted by atomic mass is 35.5. The fourth-order valence-corrected chi connectivity index (χ4v) is 2.33. The van der Waals surface area contributed by atoms with Gasteiger partial charge >= 0.3 is 0 Å². The van der Waals surface area contributed by atoms with Gasteiger partial charge in [-0.2, -0.15) is 4.39 Å². The summed E-state index contributed by atoms with van der Waals surface area (Å²) < 4.78 is 13.5. The summed E-state index contributed by atoms with van der Waals surface area (Å²) in [6, 6.07) is 5.06. The zero-order valence-corrected chi connectivity index (χ0v) is 10.0. The number of hydrogen-bond donors (Lipinski definition) is 1. The lowest BCUT2D eigenvalue weighted by molar-refractivity contribution is 0.579. The van der Waals surface area contributed by atoms with Crippen LogP contribution in [-0.4, -0.2) is 9.97 Å². The largest absolute Gasteiger partial charge is 0.363 e. The van der Waals surface area contributed by atoms with E-state index in [1.54, 1.807) is 0 Å². The van der Waals surface area contributed by atoms with Gasteiger partial charge in [-0.3, -0.25) is 0 Å². The minimum Gasteiger partial charge on any atom is -0.363 e. The molecular weight excluding hydrogens is 249 g/mol. The van der Waals surface area contributed by atoms with Crippen LogP contribution in [0.15, 0.2) is 24.5 Å². The van der Waals surface area contributed by atoms with Gasteiger partial charge in [0.05, 0.1) is 10.4 Å². The third-order valence-electron chi connectivity index (χ3n) is 2.02. The second kappa shape index (κ2) is 4.76. The molecule has 0 bridgehead atoms. The number of nitrogens with zero attached hydrogens (tertiary/aromatic N) is 2. The van der Waals surface area contributed by atoms with E-state index in [4.69, 9.17) is 11.6 Å². The molecule has 0 radical (unpaired) electrons. The number of halogens is 2. The van der Waals surface area contributed by atoms with Gasteiger partial charge in [0.25, 0.3) is 0 Å². The molecule has 0 saturated heterocycles. The first kappa shape index (κ1) is 11.3. The Balaban J connectivity index is 2.10. The lowest BCUT2D eigenvalue weighted by Gasteiger charge is -2.12. The highest BCUT2D eigenvalue weighted by molar-refractivity contribution is 7.16. The molecule has 1 unspecified atom stereocenters. The maximum Gasteiger partial charge on any atom is 0.217 e. The van der Waals surface area contributed by atoms with Gasteiger partial charge in [0.2, 0.25) is 5.95 Å². The van der Waals surface area contributed by atoms with E-state index in [9.17, 15) is 4.39 Å². The number of hydrogen-bond acceptors (Lipinski definition) is 4. The van der Waals surface area contributed by atoms with Crippen molar-refractivity contribution >= 4 is 28.8 Å². The number of thiophene rings is 1. The van der Waals surface area contributed by atoms with Crippen LogP contribution in [-0.2, 0) is 0 Å². The standard InChI is InChI=1S/C10H9ClFN3S/c1-6(7-2-3-8(11)16-7)15-10-4-9(12)13-5-14-10/h2-6H,1H3,(H,13,14,15). The summed E-state index contributed by atoms with van der Waals surface area (Å²) in [6.45, 7) is 1.96. The highest BCUT2D eigenvalue weighted by Gasteiger charge is 2.09. The molecule has 0 amide bonds. The van der Waals surface area contributed by atoms with Gasteiger partial charge < -0.3 is 5.32 Å². The zero-order chi connectivity index (χ0) is 11.5. The van der Waals surface area contributed by atoms with E-state index in [0.717, 1.165) is 9.21 Å². The van der Waals surface area contributed by atoms with Gasteiger partial charge in [0.15, 0.2) is 0 Å². The molecule has 0 aliphatic heterocycles. The van der Waals surface area contributed by atoms with E-state index in [-0.39, 0.29) is 6.04 Å². The van der Waals surface area contributed by atoms with Crippen molar-refractivity contribution in [2.24, 2.45) is 0 Å². The van der Waals surface area contributed by atoms with Crippen molar-refractivity contribution < 1.29 is 4.39 Å². The van der Waals surface area contributed by atoms with Crippen LogP contribution in [0.4, 0.5) is 10.2 Å². The summed E-state index contributed by atoms with van der Waals surface area (Å²) >= 11 is 7.32. The Hall–Kier alpha value is -1.20. The van der Waals surface area contributed by atoms with Crippen LogP contribution < -0.4 is 5.32 Å². The summed E-state index contributed by atoms with van der Waals surface area (Å²) in [5, 5.41) is 3.07. The fourth-order valence-electron chi connectivity index (χ4n) is 1.27. The van der Waals surface area contributed by atoms with Crippen LogP contribution in [0.5, 0.6) is 0 Å². The van der Waals surface area contributed by atoms with Crippen molar-refractivity contribution in [3.8, 4) is 0 Å².